The summed E-state index contributed by atoms with van der Waals surface area (Å²) in [6.07, 6.45) is 1.43. The Morgan fingerprint density at radius 1 is 1.83 bits per heavy atom. The quantitative estimate of drug-likeness (QED) is 0.478. The van der Waals surface area contributed by atoms with E-state index >= 15 is 0 Å². The molecule has 1 fully saturated rings. The van der Waals surface area contributed by atoms with E-state index in [0.717, 1.165) is 6.42 Å². The number of nitrogens with two attached hydrogens (primary N) is 1. The van der Waals surface area contributed by atoms with Gasteiger partial charge in [0.2, 0.25) is 0 Å². The summed E-state index contributed by atoms with van der Waals surface area (Å²) in [5.41, 5.74) is 5.35. The zero-order chi connectivity index (χ0) is 4.57. The molecular formula is C4H9NO. The SMILES string of the molecule is COC1C[C@@H]1N. The number of rotatable bonds is 1. The number of hydrogen-bond acceptors (Lipinski definition) is 2. The van der Waals surface area contributed by atoms with E-state index in [0.29, 0.717) is 12.1 Å². The Bertz CT molecular complexity index is 53.5. The van der Waals surface area contributed by atoms with Gasteiger partial charge in [0.05, 0.1) is 6.10 Å². The first-order chi connectivity index (χ1) is 2.84. The minimum absolute atomic E-state index is 0.343. The standard InChI is InChI=1S/C4H9NO/c1-6-4-2-3(4)5/h3-4H,2,5H2,1H3/t3-,4?/m0/s1. The lowest BCUT2D eigenvalue weighted by molar-refractivity contribution is 0.178. The van der Waals surface area contributed by atoms with Crippen molar-refractivity contribution >= 4 is 0 Å². The van der Waals surface area contributed by atoms with Crippen LogP contribution in [0, 0.1) is 0 Å². The maximum atomic E-state index is 5.35. The molecule has 1 aliphatic rings. The van der Waals surface area contributed by atoms with Crippen LogP contribution in [-0.2, 0) is 4.74 Å². The average molecular weight is 87.1 g/mol. The second-order valence-electron chi connectivity index (χ2n) is 1.67. The summed E-state index contributed by atoms with van der Waals surface area (Å²) in [7, 11) is 1.69. The predicted octanol–water partition coefficient (Wildman–Crippen LogP) is -0.268. The highest BCUT2D eigenvalue weighted by Gasteiger charge is 2.32. The molecule has 0 bridgehead atoms. The molecule has 1 rings (SSSR count). The smallest absolute Gasteiger partial charge is 0.0738 e. The van der Waals surface area contributed by atoms with E-state index in [1.54, 1.807) is 7.11 Å². The Hall–Kier alpha value is -0.0800. The van der Waals surface area contributed by atoms with E-state index in [-0.39, 0.29) is 0 Å². The summed E-state index contributed by atoms with van der Waals surface area (Å²) in [6.45, 7) is 0. The average Bonchev–Trinajstić information content (AvgIpc) is 2.19. The van der Waals surface area contributed by atoms with Crippen molar-refractivity contribution in [1.82, 2.24) is 0 Å². The molecule has 0 aromatic carbocycles. The fraction of sp³-hybridized carbons (Fsp3) is 1.00. The van der Waals surface area contributed by atoms with Gasteiger partial charge in [-0.05, 0) is 6.42 Å². The summed E-state index contributed by atoms with van der Waals surface area (Å²) < 4.78 is 4.85. The zero-order valence-corrected chi connectivity index (χ0v) is 3.85. The predicted molar refractivity (Wildman–Crippen MR) is 23.4 cm³/mol. The molecule has 1 aliphatic carbocycles. The molecule has 0 radical (unpaired) electrons. The van der Waals surface area contributed by atoms with Crippen LogP contribution >= 0.6 is 0 Å². The van der Waals surface area contributed by atoms with Gasteiger partial charge in [-0.15, -0.1) is 0 Å². The van der Waals surface area contributed by atoms with Crippen LogP contribution in [0.3, 0.4) is 0 Å². The van der Waals surface area contributed by atoms with Gasteiger partial charge in [0, 0.05) is 13.2 Å². The molecule has 0 aromatic heterocycles. The molecule has 0 aromatic rings. The molecule has 36 valence electrons. The molecule has 0 amide bonds. The van der Waals surface area contributed by atoms with Crippen LogP contribution in [-0.4, -0.2) is 19.3 Å². The van der Waals surface area contributed by atoms with Crippen LogP contribution in [0.15, 0.2) is 0 Å². The third kappa shape index (κ3) is 0.533. The van der Waals surface area contributed by atoms with Crippen molar-refractivity contribution < 1.29 is 4.74 Å². The molecule has 0 spiro atoms. The Morgan fingerprint density at radius 3 is 2.33 bits per heavy atom. The lowest BCUT2D eigenvalue weighted by Gasteiger charge is -1.85. The molecule has 2 atom stereocenters. The minimum Gasteiger partial charge on any atom is -0.380 e. The molecule has 0 saturated heterocycles. The van der Waals surface area contributed by atoms with E-state index in [1.165, 1.54) is 0 Å². The summed E-state index contributed by atoms with van der Waals surface area (Å²) in [5.74, 6) is 0. The molecule has 1 unspecified atom stereocenters. The van der Waals surface area contributed by atoms with Crippen LogP contribution in [0.25, 0.3) is 0 Å². The van der Waals surface area contributed by atoms with E-state index in [9.17, 15) is 0 Å². The summed E-state index contributed by atoms with van der Waals surface area (Å²) >= 11 is 0. The molecule has 2 N–H and O–H groups in total. The molecule has 0 heterocycles. The topological polar surface area (TPSA) is 35.2 Å². The first-order valence-electron chi connectivity index (χ1n) is 2.13. The van der Waals surface area contributed by atoms with Crippen molar-refractivity contribution in [2.75, 3.05) is 7.11 Å². The van der Waals surface area contributed by atoms with E-state index in [1.807, 2.05) is 0 Å². The van der Waals surface area contributed by atoms with E-state index in [2.05, 4.69) is 0 Å². The van der Waals surface area contributed by atoms with Crippen LogP contribution in [0.4, 0.5) is 0 Å². The van der Waals surface area contributed by atoms with Crippen molar-refractivity contribution in [2.24, 2.45) is 5.73 Å². The van der Waals surface area contributed by atoms with Crippen molar-refractivity contribution in [3.63, 3.8) is 0 Å². The van der Waals surface area contributed by atoms with Crippen LogP contribution < -0.4 is 5.73 Å². The molecule has 6 heavy (non-hydrogen) atoms. The van der Waals surface area contributed by atoms with Crippen LogP contribution in [0.1, 0.15) is 6.42 Å². The first-order valence-corrected chi connectivity index (χ1v) is 2.13. The monoisotopic (exact) mass is 87.1 g/mol. The van der Waals surface area contributed by atoms with Gasteiger partial charge in [-0.3, -0.25) is 0 Å². The number of hydrogen-bond donors (Lipinski definition) is 1. The molecular weight excluding hydrogens is 78.0 g/mol. The third-order valence-electron chi connectivity index (χ3n) is 1.08. The second kappa shape index (κ2) is 1.21. The lowest BCUT2D eigenvalue weighted by atomic mass is 10.7. The maximum Gasteiger partial charge on any atom is 0.0738 e. The zero-order valence-electron chi connectivity index (χ0n) is 3.85. The van der Waals surface area contributed by atoms with Gasteiger partial charge in [0.15, 0.2) is 0 Å². The summed E-state index contributed by atoms with van der Waals surface area (Å²) in [4.78, 5) is 0. The molecule has 1 saturated carbocycles. The Balaban J connectivity index is 2.09. The van der Waals surface area contributed by atoms with Gasteiger partial charge in [-0.2, -0.15) is 0 Å². The normalized spacial score (nSPS) is 43.0. The van der Waals surface area contributed by atoms with Gasteiger partial charge in [0.25, 0.3) is 0 Å². The number of methoxy groups -OCH3 is 1. The lowest BCUT2D eigenvalue weighted by Crippen LogP contribution is -2.05. The Morgan fingerprint density at radius 2 is 2.33 bits per heavy atom. The van der Waals surface area contributed by atoms with Crippen molar-refractivity contribution in [2.45, 2.75) is 18.6 Å². The summed E-state index contributed by atoms with van der Waals surface area (Å²) in [5, 5.41) is 0. The highest BCUT2D eigenvalue weighted by atomic mass is 16.5. The number of ether oxygens (including phenoxy) is 1. The maximum absolute atomic E-state index is 5.35. The van der Waals surface area contributed by atoms with Crippen LogP contribution in [0.2, 0.25) is 0 Å². The van der Waals surface area contributed by atoms with Crippen molar-refractivity contribution in [3.8, 4) is 0 Å². The Labute approximate surface area is 37.3 Å². The Kier molecular flexibility index (Phi) is 0.821. The van der Waals surface area contributed by atoms with Gasteiger partial charge < -0.3 is 10.5 Å². The minimum atomic E-state index is 0.343. The van der Waals surface area contributed by atoms with E-state index < -0.39 is 0 Å². The second-order valence-corrected chi connectivity index (χ2v) is 1.67. The van der Waals surface area contributed by atoms with Crippen molar-refractivity contribution in [1.29, 1.82) is 0 Å². The van der Waals surface area contributed by atoms with Crippen LogP contribution in [0.5, 0.6) is 0 Å². The van der Waals surface area contributed by atoms with Gasteiger partial charge in [0.1, 0.15) is 0 Å². The highest BCUT2D eigenvalue weighted by Crippen LogP contribution is 2.20. The molecule has 2 heteroatoms. The van der Waals surface area contributed by atoms with E-state index in [4.69, 9.17) is 10.5 Å². The highest BCUT2D eigenvalue weighted by molar-refractivity contribution is 4.90. The largest absolute Gasteiger partial charge is 0.380 e. The third-order valence-corrected chi connectivity index (χ3v) is 1.08. The van der Waals surface area contributed by atoms with Gasteiger partial charge in [-0.25, -0.2) is 0 Å². The van der Waals surface area contributed by atoms with Gasteiger partial charge in [-0.1, -0.05) is 0 Å². The molecule has 2 nitrogen and oxygen atoms in total. The fourth-order valence-corrected chi connectivity index (χ4v) is 0.461. The molecule has 0 aliphatic heterocycles. The van der Waals surface area contributed by atoms with Crippen molar-refractivity contribution in [3.05, 3.63) is 0 Å². The first kappa shape index (κ1) is 4.09. The summed E-state index contributed by atoms with van der Waals surface area (Å²) in [6, 6.07) is 0.343. The van der Waals surface area contributed by atoms with Gasteiger partial charge >= 0.3 is 0 Å². The fourth-order valence-electron chi connectivity index (χ4n) is 0.461.